The van der Waals surface area contributed by atoms with E-state index in [4.69, 9.17) is 23.2 Å². The highest BCUT2D eigenvalue weighted by Crippen LogP contribution is 2.37. The van der Waals surface area contributed by atoms with E-state index in [-0.39, 0.29) is 19.4 Å². The second kappa shape index (κ2) is 3.98. The van der Waals surface area contributed by atoms with E-state index >= 15 is 0 Å². The predicted molar refractivity (Wildman–Crippen MR) is 53.2 cm³/mol. The number of halogens is 2. The zero-order valence-electron chi connectivity index (χ0n) is 7.12. The summed E-state index contributed by atoms with van der Waals surface area (Å²) in [6.45, 7) is 8.79. The summed E-state index contributed by atoms with van der Waals surface area (Å²) >= 11 is 11.6. The third-order valence-corrected chi connectivity index (χ3v) is 5.50. The highest BCUT2D eigenvalue weighted by Gasteiger charge is 2.27. The molecule has 0 bridgehead atoms. The molecule has 0 unspecified atom stereocenters. The molecule has 0 N–H and O–H groups in total. The maximum Gasteiger partial charge on any atom is 0.110 e. The third-order valence-electron chi connectivity index (χ3n) is 1.53. The Morgan fingerprint density at radius 3 is 1.70 bits per heavy atom. The summed E-state index contributed by atoms with van der Waals surface area (Å²) in [5, 5.41) is 0.192. The van der Waals surface area contributed by atoms with Crippen molar-refractivity contribution in [3.8, 4) is 0 Å². The standard InChI is InChI=1S/C7H16Cl2Si/c1-5(2)10-7(3,4)6(8)9/h5-6H,10H2,1-4H3. The molecule has 0 aromatic carbocycles. The molecule has 62 valence electrons. The molecule has 0 spiro atoms. The third kappa shape index (κ3) is 3.84. The van der Waals surface area contributed by atoms with Gasteiger partial charge < -0.3 is 0 Å². The quantitative estimate of drug-likeness (QED) is 0.484. The number of hydrogen-bond acceptors (Lipinski definition) is 0. The molecule has 0 aromatic rings. The molecule has 0 saturated heterocycles. The van der Waals surface area contributed by atoms with Crippen LogP contribution in [0.3, 0.4) is 0 Å². The van der Waals surface area contributed by atoms with Crippen molar-refractivity contribution in [2.45, 2.75) is 43.1 Å². The van der Waals surface area contributed by atoms with Gasteiger partial charge in [-0.1, -0.05) is 33.2 Å². The van der Waals surface area contributed by atoms with Crippen molar-refractivity contribution in [2.75, 3.05) is 0 Å². The molecular formula is C7H16Cl2Si. The fraction of sp³-hybridized carbons (Fsp3) is 1.00. The lowest BCUT2D eigenvalue weighted by molar-refractivity contribution is 0.710. The van der Waals surface area contributed by atoms with Crippen LogP contribution in [0.5, 0.6) is 0 Å². The van der Waals surface area contributed by atoms with Crippen LogP contribution in [-0.2, 0) is 0 Å². The first-order valence-corrected chi connectivity index (χ1v) is 6.04. The fourth-order valence-electron chi connectivity index (χ4n) is 1.14. The van der Waals surface area contributed by atoms with E-state index in [1.165, 1.54) is 0 Å². The second-order valence-electron chi connectivity index (χ2n) is 3.89. The van der Waals surface area contributed by atoms with Gasteiger partial charge in [-0.25, -0.2) is 0 Å². The minimum absolute atomic E-state index is 0.137. The van der Waals surface area contributed by atoms with Crippen molar-refractivity contribution in [2.24, 2.45) is 0 Å². The smallest absolute Gasteiger partial charge is 0.105 e. The molecule has 3 heteroatoms. The van der Waals surface area contributed by atoms with Crippen LogP contribution >= 0.6 is 23.2 Å². The predicted octanol–water partition coefficient (Wildman–Crippen LogP) is 2.99. The van der Waals surface area contributed by atoms with Crippen molar-refractivity contribution < 1.29 is 0 Å². The van der Waals surface area contributed by atoms with E-state index in [0.717, 1.165) is 5.54 Å². The molecule has 0 aromatic heterocycles. The van der Waals surface area contributed by atoms with Gasteiger partial charge in [0.1, 0.15) is 4.84 Å². The van der Waals surface area contributed by atoms with Gasteiger partial charge in [0.25, 0.3) is 0 Å². The van der Waals surface area contributed by atoms with Crippen molar-refractivity contribution in [1.29, 1.82) is 0 Å². The first kappa shape index (κ1) is 10.8. The van der Waals surface area contributed by atoms with Gasteiger partial charge in [-0.05, 0) is 5.04 Å². The molecule has 0 fully saturated rings. The number of hydrogen-bond donors (Lipinski definition) is 0. The van der Waals surface area contributed by atoms with Crippen LogP contribution in [0.2, 0.25) is 10.6 Å². The Morgan fingerprint density at radius 2 is 1.60 bits per heavy atom. The Balaban J connectivity index is 3.87. The van der Waals surface area contributed by atoms with Crippen molar-refractivity contribution in [1.82, 2.24) is 0 Å². The van der Waals surface area contributed by atoms with Gasteiger partial charge in [-0.2, -0.15) is 0 Å². The highest BCUT2D eigenvalue weighted by molar-refractivity contribution is 6.53. The minimum Gasteiger partial charge on any atom is -0.105 e. The van der Waals surface area contributed by atoms with Gasteiger partial charge in [0.2, 0.25) is 0 Å². The Hall–Kier alpha value is 0.797. The van der Waals surface area contributed by atoms with Crippen LogP contribution < -0.4 is 0 Å². The molecule has 0 aliphatic heterocycles. The van der Waals surface area contributed by atoms with Crippen LogP contribution in [0, 0.1) is 0 Å². The summed E-state index contributed by atoms with van der Waals surface area (Å²) in [5.74, 6) is 0. The molecule has 0 nitrogen and oxygen atoms in total. The van der Waals surface area contributed by atoms with Gasteiger partial charge in [0.05, 0.1) is 0 Å². The lowest BCUT2D eigenvalue weighted by atomic mass is 10.2. The van der Waals surface area contributed by atoms with E-state index in [2.05, 4.69) is 27.7 Å². The van der Waals surface area contributed by atoms with Gasteiger partial charge in [0, 0.05) is 9.52 Å². The largest absolute Gasteiger partial charge is 0.110 e. The van der Waals surface area contributed by atoms with E-state index in [1.54, 1.807) is 0 Å². The van der Waals surface area contributed by atoms with Crippen LogP contribution in [0.1, 0.15) is 27.7 Å². The molecule has 0 aliphatic carbocycles. The first-order chi connectivity index (χ1) is 4.36. The summed E-state index contributed by atoms with van der Waals surface area (Å²) in [4.78, 5) is -0.193. The van der Waals surface area contributed by atoms with E-state index in [1.807, 2.05) is 0 Å². The van der Waals surface area contributed by atoms with Gasteiger partial charge in [-0.3, -0.25) is 0 Å². The SMILES string of the molecule is CC(C)[SiH2]C(C)(C)C(Cl)Cl. The Labute approximate surface area is 76.1 Å². The zero-order chi connectivity index (χ0) is 8.36. The molecule has 0 radical (unpaired) electrons. The van der Waals surface area contributed by atoms with Crippen LogP contribution in [0.4, 0.5) is 0 Å². The summed E-state index contributed by atoms with van der Waals surface area (Å²) in [7, 11) is -0.137. The maximum atomic E-state index is 5.81. The van der Waals surface area contributed by atoms with Gasteiger partial charge in [0.15, 0.2) is 0 Å². The number of alkyl halides is 2. The van der Waals surface area contributed by atoms with E-state index in [0.29, 0.717) is 0 Å². The van der Waals surface area contributed by atoms with Gasteiger partial charge in [-0.15, -0.1) is 23.2 Å². The zero-order valence-corrected chi connectivity index (χ0v) is 10.0. The summed E-state index contributed by atoms with van der Waals surface area (Å²) in [6.07, 6.45) is 0. The summed E-state index contributed by atoms with van der Waals surface area (Å²) in [5.41, 5.74) is 0.801. The normalized spacial score (nSPS) is 14.4. The molecule has 0 atom stereocenters. The average molecular weight is 199 g/mol. The lowest BCUT2D eigenvalue weighted by Crippen LogP contribution is -2.22. The molecule has 0 amide bonds. The highest BCUT2D eigenvalue weighted by atomic mass is 35.5. The van der Waals surface area contributed by atoms with Gasteiger partial charge >= 0.3 is 0 Å². The lowest BCUT2D eigenvalue weighted by Gasteiger charge is -2.26. The summed E-state index contributed by atoms with van der Waals surface area (Å²) < 4.78 is 0. The monoisotopic (exact) mass is 198 g/mol. The Morgan fingerprint density at radius 1 is 1.20 bits per heavy atom. The molecule has 0 heterocycles. The molecular weight excluding hydrogens is 183 g/mol. The Bertz CT molecular complexity index is 99.8. The Kier molecular flexibility index (Phi) is 4.30. The molecule has 0 aliphatic rings. The van der Waals surface area contributed by atoms with Crippen molar-refractivity contribution in [3.63, 3.8) is 0 Å². The van der Waals surface area contributed by atoms with Crippen molar-refractivity contribution in [3.05, 3.63) is 0 Å². The van der Waals surface area contributed by atoms with E-state index < -0.39 is 0 Å². The first-order valence-electron chi connectivity index (χ1n) is 3.64. The van der Waals surface area contributed by atoms with Crippen LogP contribution in [-0.4, -0.2) is 14.4 Å². The molecule has 0 saturated carbocycles. The minimum atomic E-state index is -0.193. The topological polar surface area (TPSA) is 0 Å². The second-order valence-corrected chi connectivity index (χ2v) is 8.85. The number of rotatable bonds is 3. The van der Waals surface area contributed by atoms with Crippen LogP contribution in [0.15, 0.2) is 0 Å². The molecule has 10 heavy (non-hydrogen) atoms. The maximum absolute atomic E-state index is 5.81. The van der Waals surface area contributed by atoms with E-state index in [9.17, 15) is 0 Å². The summed E-state index contributed by atoms with van der Waals surface area (Å²) in [6, 6.07) is 0. The van der Waals surface area contributed by atoms with Crippen LogP contribution in [0.25, 0.3) is 0 Å². The fourth-order valence-corrected chi connectivity index (χ4v) is 3.96. The average Bonchev–Trinajstić information content (AvgIpc) is 1.60. The van der Waals surface area contributed by atoms with Crippen molar-refractivity contribution >= 4 is 32.7 Å². The molecule has 0 rings (SSSR count).